The SMILES string of the molecule is COC(=O)C(C)CN(C)C. The maximum atomic E-state index is 10.8. The first kappa shape index (κ1) is 9.43. The summed E-state index contributed by atoms with van der Waals surface area (Å²) in [6.07, 6.45) is 0. The largest absolute Gasteiger partial charge is 0.469 e. The predicted octanol–water partition coefficient (Wildman–Crippen LogP) is 0.357. The van der Waals surface area contributed by atoms with Gasteiger partial charge in [0.15, 0.2) is 0 Å². The van der Waals surface area contributed by atoms with E-state index < -0.39 is 0 Å². The van der Waals surface area contributed by atoms with Gasteiger partial charge in [0.05, 0.1) is 13.0 Å². The number of carbonyl (C=O) groups is 1. The highest BCUT2D eigenvalue weighted by Crippen LogP contribution is 1.97. The number of carbonyl (C=O) groups excluding carboxylic acids is 1. The standard InChI is InChI=1S/C7H15NO2/c1-6(5-8(2)3)7(9)10-4/h6H,5H2,1-4H3. The molecule has 0 aromatic carbocycles. The van der Waals surface area contributed by atoms with Crippen LogP contribution in [0.3, 0.4) is 0 Å². The van der Waals surface area contributed by atoms with Crippen LogP contribution >= 0.6 is 0 Å². The molecule has 0 saturated carbocycles. The molecule has 10 heavy (non-hydrogen) atoms. The van der Waals surface area contributed by atoms with Gasteiger partial charge in [0.2, 0.25) is 0 Å². The van der Waals surface area contributed by atoms with Crippen LogP contribution in [0.25, 0.3) is 0 Å². The van der Waals surface area contributed by atoms with Crippen molar-refractivity contribution in [3.05, 3.63) is 0 Å². The van der Waals surface area contributed by atoms with Crippen molar-refractivity contribution in [3.8, 4) is 0 Å². The number of hydrogen-bond acceptors (Lipinski definition) is 3. The number of ether oxygens (including phenoxy) is 1. The van der Waals surface area contributed by atoms with Crippen molar-refractivity contribution in [2.45, 2.75) is 6.92 Å². The third kappa shape index (κ3) is 3.45. The number of rotatable bonds is 3. The molecule has 0 spiro atoms. The minimum Gasteiger partial charge on any atom is -0.469 e. The third-order valence-corrected chi connectivity index (χ3v) is 1.24. The average Bonchev–Trinajstić information content (AvgIpc) is 1.85. The Labute approximate surface area is 62.0 Å². The molecule has 0 aliphatic rings. The van der Waals surface area contributed by atoms with Crippen molar-refractivity contribution >= 4 is 5.97 Å². The van der Waals surface area contributed by atoms with Crippen molar-refractivity contribution in [2.75, 3.05) is 27.7 Å². The summed E-state index contributed by atoms with van der Waals surface area (Å²) in [5, 5.41) is 0. The minimum atomic E-state index is -0.145. The Hall–Kier alpha value is -0.570. The van der Waals surface area contributed by atoms with Crippen LogP contribution in [0.1, 0.15) is 6.92 Å². The Morgan fingerprint density at radius 2 is 2.10 bits per heavy atom. The second kappa shape index (κ2) is 4.28. The topological polar surface area (TPSA) is 29.5 Å². The van der Waals surface area contributed by atoms with Gasteiger partial charge in [-0.15, -0.1) is 0 Å². The zero-order chi connectivity index (χ0) is 8.15. The van der Waals surface area contributed by atoms with Crippen LogP contribution in [0.15, 0.2) is 0 Å². The van der Waals surface area contributed by atoms with Crippen LogP contribution in [-0.2, 0) is 9.53 Å². The monoisotopic (exact) mass is 145 g/mol. The molecule has 0 bridgehead atoms. The molecular weight excluding hydrogens is 130 g/mol. The van der Waals surface area contributed by atoms with Crippen LogP contribution in [0, 0.1) is 5.92 Å². The van der Waals surface area contributed by atoms with Crippen LogP contribution in [0.2, 0.25) is 0 Å². The molecule has 3 nitrogen and oxygen atoms in total. The third-order valence-electron chi connectivity index (χ3n) is 1.24. The summed E-state index contributed by atoms with van der Waals surface area (Å²) >= 11 is 0. The Bertz CT molecular complexity index is 112. The van der Waals surface area contributed by atoms with Gasteiger partial charge in [-0.1, -0.05) is 6.92 Å². The van der Waals surface area contributed by atoms with Gasteiger partial charge >= 0.3 is 5.97 Å². The van der Waals surface area contributed by atoms with E-state index in [-0.39, 0.29) is 11.9 Å². The molecule has 0 aliphatic carbocycles. The predicted molar refractivity (Wildman–Crippen MR) is 39.7 cm³/mol. The van der Waals surface area contributed by atoms with Gasteiger partial charge in [-0.3, -0.25) is 4.79 Å². The minimum absolute atomic E-state index is 0.0278. The Morgan fingerprint density at radius 3 is 2.40 bits per heavy atom. The molecule has 0 aromatic rings. The van der Waals surface area contributed by atoms with Gasteiger partial charge in [0, 0.05) is 6.54 Å². The fourth-order valence-corrected chi connectivity index (χ4v) is 0.823. The summed E-state index contributed by atoms with van der Waals surface area (Å²) in [5.41, 5.74) is 0. The molecule has 0 saturated heterocycles. The molecule has 0 radical (unpaired) electrons. The fraction of sp³-hybridized carbons (Fsp3) is 0.857. The molecule has 3 heteroatoms. The fourth-order valence-electron chi connectivity index (χ4n) is 0.823. The second-order valence-corrected chi connectivity index (χ2v) is 2.69. The van der Waals surface area contributed by atoms with E-state index in [1.165, 1.54) is 7.11 Å². The highest BCUT2D eigenvalue weighted by Gasteiger charge is 2.12. The zero-order valence-corrected chi connectivity index (χ0v) is 7.05. The molecule has 0 aromatic heterocycles. The summed E-state index contributed by atoms with van der Waals surface area (Å²) in [6.45, 7) is 2.60. The Balaban J connectivity index is 3.61. The van der Waals surface area contributed by atoms with Crippen molar-refractivity contribution < 1.29 is 9.53 Å². The van der Waals surface area contributed by atoms with Gasteiger partial charge in [-0.2, -0.15) is 0 Å². The number of hydrogen-bond donors (Lipinski definition) is 0. The smallest absolute Gasteiger partial charge is 0.309 e. The summed E-state index contributed by atoms with van der Waals surface area (Å²) in [6, 6.07) is 0. The van der Waals surface area contributed by atoms with E-state index in [4.69, 9.17) is 0 Å². The van der Waals surface area contributed by atoms with E-state index in [1.54, 1.807) is 0 Å². The molecule has 0 amide bonds. The Morgan fingerprint density at radius 1 is 1.60 bits per heavy atom. The normalized spacial score (nSPS) is 13.3. The Kier molecular flexibility index (Phi) is 4.03. The van der Waals surface area contributed by atoms with Crippen molar-refractivity contribution in [3.63, 3.8) is 0 Å². The van der Waals surface area contributed by atoms with E-state index >= 15 is 0 Å². The molecule has 0 aliphatic heterocycles. The molecule has 0 rings (SSSR count). The quantitative estimate of drug-likeness (QED) is 0.537. The number of methoxy groups -OCH3 is 1. The molecule has 0 fully saturated rings. The molecule has 1 atom stereocenters. The first-order valence-corrected chi connectivity index (χ1v) is 3.30. The van der Waals surface area contributed by atoms with E-state index in [2.05, 4.69) is 4.74 Å². The lowest BCUT2D eigenvalue weighted by atomic mass is 10.2. The van der Waals surface area contributed by atoms with Gasteiger partial charge in [0.1, 0.15) is 0 Å². The highest BCUT2D eigenvalue weighted by molar-refractivity contribution is 5.71. The first-order chi connectivity index (χ1) is 4.57. The van der Waals surface area contributed by atoms with E-state index in [0.717, 1.165) is 6.54 Å². The summed E-state index contributed by atoms with van der Waals surface area (Å²) in [4.78, 5) is 12.8. The molecule has 0 N–H and O–H groups in total. The van der Waals surface area contributed by atoms with E-state index in [0.29, 0.717) is 0 Å². The van der Waals surface area contributed by atoms with Crippen molar-refractivity contribution in [1.29, 1.82) is 0 Å². The van der Waals surface area contributed by atoms with Gasteiger partial charge in [-0.25, -0.2) is 0 Å². The lowest BCUT2D eigenvalue weighted by Crippen LogP contribution is -2.26. The molecule has 60 valence electrons. The van der Waals surface area contributed by atoms with Gasteiger partial charge in [-0.05, 0) is 14.1 Å². The lowest BCUT2D eigenvalue weighted by molar-refractivity contribution is -0.145. The zero-order valence-electron chi connectivity index (χ0n) is 7.05. The first-order valence-electron chi connectivity index (χ1n) is 3.30. The van der Waals surface area contributed by atoms with E-state index in [1.807, 2.05) is 25.9 Å². The second-order valence-electron chi connectivity index (χ2n) is 2.69. The van der Waals surface area contributed by atoms with Crippen LogP contribution in [-0.4, -0.2) is 38.6 Å². The van der Waals surface area contributed by atoms with Crippen molar-refractivity contribution in [1.82, 2.24) is 4.90 Å². The van der Waals surface area contributed by atoms with Crippen LogP contribution < -0.4 is 0 Å². The average molecular weight is 145 g/mol. The summed E-state index contributed by atoms with van der Waals surface area (Å²) < 4.78 is 4.55. The van der Waals surface area contributed by atoms with Gasteiger partial charge < -0.3 is 9.64 Å². The number of esters is 1. The van der Waals surface area contributed by atoms with E-state index in [9.17, 15) is 4.79 Å². The lowest BCUT2D eigenvalue weighted by Gasteiger charge is -2.13. The molecule has 1 unspecified atom stereocenters. The highest BCUT2D eigenvalue weighted by atomic mass is 16.5. The van der Waals surface area contributed by atoms with Crippen LogP contribution in [0.5, 0.6) is 0 Å². The maximum Gasteiger partial charge on any atom is 0.309 e. The van der Waals surface area contributed by atoms with Crippen LogP contribution in [0.4, 0.5) is 0 Å². The molecule has 0 heterocycles. The summed E-state index contributed by atoms with van der Waals surface area (Å²) in [5.74, 6) is -0.173. The van der Waals surface area contributed by atoms with Crippen molar-refractivity contribution in [2.24, 2.45) is 5.92 Å². The maximum absolute atomic E-state index is 10.8. The number of nitrogens with zero attached hydrogens (tertiary/aromatic N) is 1. The summed E-state index contributed by atoms with van der Waals surface area (Å²) in [7, 11) is 5.27. The van der Waals surface area contributed by atoms with Gasteiger partial charge in [0.25, 0.3) is 0 Å². The molecular formula is C7H15NO2.